The zero-order valence-corrected chi connectivity index (χ0v) is 9.40. The summed E-state index contributed by atoms with van der Waals surface area (Å²) >= 11 is 0. The summed E-state index contributed by atoms with van der Waals surface area (Å²) in [6, 6.07) is 0.563. The minimum Gasteiger partial charge on any atom is -0.396 e. The van der Waals surface area contributed by atoms with E-state index < -0.39 is 32.4 Å². The van der Waals surface area contributed by atoms with Gasteiger partial charge >= 0.3 is 0 Å². The highest BCUT2D eigenvalue weighted by Crippen LogP contribution is 2.19. The smallest absolute Gasteiger partial charge is 0.246 e. The summed E-state index contributed by atoms with van der Waals surface area (Å²) in [4.78, 5) is -1.23. The number of halogens is 3. The van der Waals surface area contributed by atoms with Gasteiger partial charge in [-0.15, -0.1) is 0 Å². The Kier molecular flexibility index (Phi) is 4.49. The van der Waals surface area contributed by atoms with Gasteiger partial charge in [0.15, 0.2) is 4.90 Å². The first-order valence-electron chi connectivity index (χ1n) is 4.63. The summed E-state index contributed by atoms with van der Waals surface area (Å²) in [5.74, 6) is -4.20. The van der Waals surface area contributed by atoms with Crippen molar-refractivity contribution in [1.82, 2.24) is 4.72 Å². The Morgan fingerprint density at radius 2 is 1.71 bits per heavy atom. The summed E-state index contributed by atoms with van der Waals surface area (Å²) < 4.78 is 63.7. The molecule has 0 saturated heterocycles. The van der Waals surface area contributed by atoms with Crippen molar-refractivity contribution in [3.05, 3.63) is 29.6 Å². The lowest BCUT2D eigenvalue weighted by atomic mass is 10.3. The van der Waals surface area contributed by atoms with Crippen LogP contribution in [0, 0.1) is 17.5 Å². The van der Waals surface area contributed by atoms with Crippen LogP contribution in [0.15, 0.2) is 17.0 Å². The largest absolute Gasteiger partial charge is 0.396 e. The molecule has 96 valence electrons. The average Bonchev–Trinajstić information content (AvgIpc) is 2.15. The Labute approximate surface area is 96.1 Å². The summed E-state index contributed by atoms with van der Waals surface area (Å²) in [7, 11) is -4.39. The molecule has 1 aromatic rings. The molecule has 0 bridgehead atoms. The van der Waals surface area contributed by atoms with E-state index in [2.05, 4.69) is 0 Å². The van der Waals surface area contributed by atoms with Crippen molar-refractivity contribution in [3.8, 4) is 0 Å². The van der Waals surface area contributed by atoms with Crippen molar-refractivity contribution in [1.29, 1.82) is 0 Å². The van der Waals surface area contributed by atoms with Crippen molar-refractivity contribution < 1.29 is 26.7 Å². The summed E-state index contributed by atoms with van der Waals surface area (Å²) in [5.41, 5.74) is 0. The van der Waals surface area contributed by atoms with Crippen LogP contribution in [0.5, 0.6) is 0 Å². The molecule has 2 N–H and O–H groups in total. The monoisotopic (exact) mass is 269 g/mol. The second-order valence-electron chi connectivity index (χ2n) is 3.17. The minimum atomic E-state index is -4.39. The quantitative estimate of drug-likeness (QED) is 0.776. The number of hydrogen-bond acceptors (Lipinski definition) is 3. The predicted octanol–water partition coefficient (Wildman–Crippen LogP) is 0.765. The first-order chi connectivity index (χ1) is 7.88. The van der Waals surface area contributed by atoms with Crippen LogP contribution in [-0.2, 0) is 10.0 Å². The van der Waals surface area contributed by atoms with Gasteiger partial charge in [0.25, 0.3) is 0 Å². The number of sulfonamides is 1. The van der Waals surface area contributed by atoms with Crippen LogP contribution in [-0.4, -0.2) is 26.7 Å². The van der Waals surface area contributed by atoms with Crippen LogP contribution in [0.3, 0.4) is 0 Å². The van der Waals surface area contributed by atoms with E-state index in [0.29, 0.717) is 0 Å². The Morgan fingerprint density at radius 1 is 1.18 bits per heavy atom. The standard InChI is InChI=1S/C9H10F3NO3S/c10-6-4-7(11)9(8(12)5-6)17(15,16)13-2-1-3-14/h4-5,13-14H,1-3H2. The molecule has 0 spiro atoms. The maximum Gasteiger partial charge on any atom is 0.246 e. The third kappa shape index (κ3) is 3.42. The molecule has 0 amide bonds. The van der Waals surface area contributed by atoms with Gasteiger partial charge in [-0.2, -0.15) is 0 Å². The maximum absolute atomic E-state index is 13.2. The van der Waals surface area contributed by atoms with E-state index in [4.69, 9.17) is 5.11 Å². The number of rotatable bonds is 5. The highest BCUT2D eigenvalue weighted by atomic mass is 32.2. The average molecular weight is 269 g/mol. The Hall–Kier alpha value is -1.12. The lowest BCUT2D eigenvalue weighted by Gasteiger charge is -2.08. The SMILES string of the molecule is O=S(=O)(NCCCO)c1c(F)cc(F)cc1F. The molecule has 0 aliphatic rings. The zero-order chi connectivity index (χ0) is 13.1. The van der Waals surface area contributed by atoms with Crippen LogP contribution < -0.4 is 4.72 Å². The molecule has 0 heterocycles. The van der Waals surface area contributed by atoms with E-state index in [1.54, 1.807) is 0 Å². The van der Waals surface area contributed by atoms with Gasteiger partial charge in [-0.25, -0.2) is 26.3 Å². The number of hydrogen-bond donors (Lipinski definition) is 2. The number of aliphatic hydroxyl groups excluding tert-OH is 1. The second-order valence-corrected chi connectivity index (χ2v) is 4.88. The van der Waals surface area contributed by atoms with Gasteiger partial charge in [0, 0.05) is 25.3 Å². The van der Waals surface area contributed by atoms with E-state index in [-0.39, 0.29) is 31.7 Å². The zero-order valence-electron chi connectivity index (χ0n) is 8.58. The predicted molar refractivity (Wildman–Crippen MR) is 53.2 cm³/mol. The van der Waals surface area contributed by atoms with Crippen molar-refractivity contribution in [2.24, 2.45) is 0 Å². The maximum atomic E-state index is 13.2. The molecule has 1 aromatic carbocycles. The van der Waals surface area contributed by atoms with E-state index in [1.165, 1.54) is 0 Å². The molecule has 8 heteroatoms. The highest BCUT2D eigenvalue weighted by molar-refractivity contribution is 7.89. The summed E-state index contributed by atoms with van der Waals surface area (Å²) in [6.45, 7) is -0.439. The van der Waals surface area contributed by atoms with Crippen LogP contribution in [0.1, 0.15) is 6.42 Å². The number of nitrogens with one attached hydrogen (secondary N) is 1. The molecule has 0 unspecified atom stereocenters. The van der Waals surface area contributed by atoms with Gasteiger partial charge < -0.3 is 5.11 Å². The molecule has 0 fully saturated rings. The third-order valence-electron chi connectivity index (χ3n) is 1.86. The normalized spacial score (nSPS) is 11.8. The number of benzene rings is 1. The van der Waals surface area contributed by atoms with E-state index in [9.17, 15) is 21.6 Å². The fourth-order valence-electron chi connectivity index (χ4n) is 1.14. The molecule has 0 radical (unpaired) electrons. The number of aliphatic hydroxyl groups is 1. The fraction of sp³-hybridized carbons (Fsp3) is 0.333. The first kappa shape index (κ1) is 13.9. The second kappa shape index (κ2) is 5.48. The van der Waals surface area contributed by atoms with Gasteiger partial charge in [-0.1, -0.05) is 0 Å². The van der Waals surface area contributed by atoms with E-state index in [0.717, 1.165) is 0 Å². The first-order valence-corrected chi connectivity index (χ1v) is 6.12. The molecule has 0 atom stereocenters. The van der Waals surface area contributed by atoms with Crippen molar-refractivity contribution >= 4 is 10.0 Å². The summed E-state index contributed by atoms with van der Waals surface area (Å²) in [5, 5.41) is 8.45. The fourth-order valence-corrected chi connectivity index (χ4v) is 2.33. The minimum absolute atomic E-state index is 0.101. The molecule has 0 saturated carbocycles. The van der Waals surface area contributed by atoms with Gasteiger partial charge in [-0.05, 0) is 6.42 Å². The molecule has 0 aliphatic carbocycles. The topological polar surface area (TPSA) is 66.4 Å². The molecular formula is C9H10F3NO3S. The summed E-state index contributed by atoms with van der Waals surface area (Å²) in [6.07, 6.45) is 0.101. The molecule has 0 aromatic heterocycles. The Bertz CT molecular complexity index is 481. The van der Waals surface area contributed by atoms with E-state index >= 15 is 0 Å². The Morgan fingerprint density at radius 3 is 2.18 bits per heavy atom. The van der Waals surface area contributed by atoms with Crippen molar-refractivity contribution in [2.45, 2.75) is 11.3 Å². The molecule has 17 heavy (non-hydrogen) atoms. The lowest BCUT2D eigenvalue weighted by molar-refractivity contribution is 0.289. The lowest BCUT2D eigenvalue weighted by Crippen LogP contribution is -2.27. The van der Waals surface area contributed by atoms with E-state index in [1.807, 2.05) is 4.72 Å². The van der Waals surface area contributed by atoms with Crippen molar-refractivity contribution in [2.75, 3.05) is 13.2 Å². The van der Waals surface area contributed by atoms with Crippen molar-refractivity contribution in [3.63, 3.8) is 0 Å². The van der Waals surface area contributed by atoms with Gasteiger partial charge in [0.2, 0.25) is 10.0 Å². The third-order valence-corrected chi connectivity index (χ3v) is 3.37. The van der Waals surface area contributed by atoms with Crippen LogP contribution in [0.4, 0.5) is 13.2 Å². The molecule has 1 rings (SSSR count). The van der Waals surface area contributed by atoms with Gasteiger partial charge in [0.05, 0.1) is 0 Å². The Balaban J connectivity index is 3.07. The van der Waals surface area contributed by atoms with Crippen LogP contribution >= 0.6 is 0 Å². The van der Waals surface area contributed by atoms with Crippen LogP contribution in [0.25, 0.3) is 0 Å². The van der Waals surface area contributed by atoms with Crippen LogP contribution in [0.2, 0.25) is 0 Å². The molecule has 4 nitrogen and oxygen atoms in total. The van der Waals surface area contributed by atoms with Gasteiger partial charge in [0.1, 0.15) is 17.5 Å². The molecule has 0 aliphatic heterocycles. The molecular weight excluding hydrogens is 259 g/mol. The van der Waals surface area contributed by atoms with Gasteiger partial charge in [-0.3, -0.25) is 0 Å². The highest BCUT2D eigenvalue weighted by Gasteiger charge is 2.24.